The molecule has 1 aromatic carbocycles. The van der Waals surface area contributed by atoms with Gasteiger partial charge in [-0.3, -0.25) is 0 Å². The van der Waals surface area contributed by atoms with E-state index in [-0.39, 0.29) is 6.61 Å². The second kappa shape index (κ2) is 5.25. The summed E-state index contributed by atoms with van der Waals surface area (Å²) in [6.07, 6.45) is -3.04. The number of rotatable bonds is 3. The first-order chi connectivity index (χ1) is 7.43. The van der Waals surface area contributed by atoms with Crippen LogP contribution in [0.3, 0.4) is 0 Å². The third kappa shape index (κ3) is 3.77. The molecule has 0 heterocycles. The van der Waals surface area contributed by atoms with Gasteiger partial charge in [0.2, 0.25) is 0 Å². The highest BCUT2D eigenvalue weighted by atomic mass is 32.2. The predicted octanol–water partition coefficient (Wildman–Crippen LogP) is 3.01. The number of hydrogen-bond donors (Lipinski definition) is 0. The molecule has 0 aromatic heterocycles. The van der Waals surface area contributed by atoms with Gasteiger partial charge in [-0.1, -0.05) is 12.1 Å². The molecule has 0 bridgehead atoms. The summed E-state index contributed by atoms with van der Waals surface area (Å²) in [4.78, 5) is 11.4. The Morgan fingerprint density at radius 3 is 2.31 bits per heavy atom. The van der Waals surface area contributed by atoms with Crippen LogP contribution in [-0.2, 0) is 16.1 Å². The van der Waals surface area contributed by atoms with Gasteiger partial charge in [0.1, 0.15) is 6.61 Å². The molecule has 0 aliphatic heterocycles. The van der Waals surface area contributed by atoms with E-state index < -0.39 is 12.1 Å². The van der Waals surface area contributed by atoms with E-state index in [0.717, 1.165) is 4.90 Å². The van der Waals surface area contributed by atoms with Gasteiger partial charge in [0.25, 0.3) is 0 Å². The molecule has 88 valence electrons. The molecule has 1 aromatic rings. The van der Waals surface area contributed by atoms with E-state index in [1.165, 1.54) is 11.8 Å². The summed E-state index contributed by atoms with van der Waals surface area (Å²) in [5.41, 5.74) is 0.524. The first-order valence-electron chi connectivity index (χ1n) is 4.30. The Kier molecular flexibility index (Phi) is 4.23. The SMILES string of the molecule is CSc1ccc(COC(=O)C(F)(F)F)cc1. The molecular weight excluding hydrogens is 241 g/mol. The smallest absolute Gasteiger partial charge is 0.454 e. The second-order valence-electron chi connectivity index (χ2n) is 2.92. The maximum absolute atomic E-state index is 11.8. The minimum absolute atomic E-state index is 0.368. The molecule has 0 saturated heterocycles. The minimum Gasteiger partial charge on any atom is -0.454 e. The molecule has 1 rings (SSSR count). The average Bonchev–Trinajstić information content (AvgIpc) is 2.25. The molecule has 0 aliphatic carbocycles. The molecule has 0 unspecified atom stereocenters. The molecule has 0 atom stereocenters. The number of esters is 1. The van der Waals surface area contributed by atoms with Crippen molar-refractivity contribution in [3.05, 3.63) is 29.8 Å². The highest BCUT2D eigenvalue weighted by Crippen LogP contribution is 2.19. The number of thioether (sulfide) groups is 1. The molecule has 0 N–H and O–H groups in total. The first kappa shape index (κ1) is 12.9. The molecule has 6 heteroatoms. The van der Waals surface area contributed by atoms with Crippen molar-refractivity contribution in [2.45, 2.75) is 17.7 Å². The fourth-order valence-corrected chi connectivity index (χ4v) is 1.36. The van der Waals surface area contributed by atoms with Crippen LogP contribution in [0, 0.1) is 0 Å². The number of benzene rings is 1. The number of halogens is 3. The van der Waals surface area contributed by atoms with Crippen molar-refractivity contribution < 1.29 is 22.7 Å². The monoisotopic (exact) mass is 250 g/mol. The quantitative estimate of drug-likeness (QED) is 0.609. The van der Waals surface area contributed by atoms with Crippen molar-refractivity contribution in [1.29, 1.82) is 0 Å². The Labute approximate surface area is 94.8 Å². The molecule has 0 saturated carbocycles. The van der Waals surface area contributed by atoms with Crippen LogP contribution in [0.2, 0.25) is 0 Å². The van der Waals surface area contributed by atoms with Gasteiger partial charge >= 0.3 is 12.1 Å². The number of hydrogen-bond acceptors (Lipinski definition) is 3. The number of carbonyl (C=O) groups is 1. The Bertz CT molecular complexity index is 359. The molecule has 0 spiro atoms. The Balaban J connectivity index is 2.52. The summed E-state index contributed by atoms with van der Waals surface area (Å²) in [5.74, 6) is -2.17. The number of alkyl halides is 3. The van der Waals surface area contributed by atoms with Gasteiger partial charge in [0, 0.05) is 4.90 Å². The molecule has 0 radical (unpaired) electrons. The number of ether oxygens (including phenoxy) is 1. The van der Waals surface area contributed by atoms with E-state index in [9.17, 15) is 18.0 Å². The average molecular weight is 250 g/mol. The van der Waals surface area contributed by atoms with Crippen molar-refractivity contribution in [3.8, 4) is 0 Å². The Morgan fingerprint density at radius 2 is 1.88 bits per heavy atom. The maximum Gasteiger partial charge on any atom is 0.490 e. The van der Waals surface area contributed by atoms with Crippen LogP contribution >= 0.6 is 11.8 Å². The third-order valence-corrected chi connectivity index (χ3v) is 2.50. The highest BCUT2D eigenvalue weighted by Gasteiger charge is 2.40. The van der Waals surface area contributed by atoms with Crippen molar-refractivity contribution >= 4 is 17.7 Å². The van der Waals surface area contributed by atoms with Crippen LogP contribution in [0.15, 0.2) is 29.2 Å². The van der Waals surface area contributed by atoms with E-state index in [1.807, 2.05) is 6.26 Å². The lowest BCUT2D eigenvalue weighted by Gasteiger charge is -2.07. The van der Waals surface area contributed by atoms with E-state index in [4.69, 9.17) is 0 Å². The van der Waals surface area contributed by atoms with E-state index in [0.29, 0.717) is 5.56 Å². The van der Waals surface area contributed by atoms with Gasteiger partial charge in [-0.25, -0.2) is 4.79 Å². The van der Waals surface area contributed by atoms with Crippen molar-refractivity contribution in [3.63, 3.8) is 0 Å². The summed E-state index contributed by atoms with van der Waals surface area (Å²) in [7, 11) is 0. The lowest BCUT2D eigenvalue weighted by molar-refractivity contribution is -0.201. The Morgan fingerprint density at radius 1 is 1.31 bits per heavy atom. The third-order valence-electron chi connectivity index (χ3n) is 1.76. The zero-order valence-electron chi connectivity index (χ0n) is 8.38. The standard InChI is InChI=1S/C10H9F3O2S/c1-16-8-4-2-7(3-5-8)6-15-9(14)10(11,12)13/h2-5H,6H2,1H3. The van der Waals surface area contributed by atoms with Gasteiger partial charge in [0.05, 0.1) is 0 Å². The lowest BCUT2D eigenvalue weighted by Crippen LogP contribution is -2.25. The minimum atomic E-state index is -4.93. The lowest BCUT2D eigenvalue weighted by atomic mass is 10.2. The normalized spacial score (nSPS) is 11.2. The van der Waals surface area contributed by atoms with Gasteiger partial charge in [-0.2, -0.15) is 13.2 Å². The Hall–Kier alpha value is -1.17. The van der Waals surface area contributed by atoms with E-state index in [1.54, 1.807) is 24.3 Å². The summed E-state index contributed by atoms with van der Waals surface area (Å²) in [6.45, 7) is -0.368. The molecule has 2 nitrogen and oxygen atoms in total. The largest absolute Gasteiger partial charge is 0.490 e. The zero-order valence-corrected chi connectivity index (χ0v) is 9.19. The summed E-state index contributed by atoms with van der Waals surface area (Å²) < 4.78 is 39.5. The van der Waals surface area contributed by atoms with Crippen molar-refractivity contribution in [2.24, 2.45) is 0 Å². The maximum atomic E-state index is 11.8. The molecule has 0 amide bonds. The topological polar surface area (TPSA) is 26.3 Å². The van der Waals surface area contributed by atoms with Crippen LogP contribution in [0.25, 0.3) is 0 Å². The molecule has 0 aliphatic rings. The zero-order chi connectivity index (χ0) is 12.2. The van der Waals surface area contributed by atoms with Crippen LogP contribution < -0.4 is 0 Å². The highest BCUT2D eigenvalue weighted by molar-refractivity contribution is 7.98. The molecular formula is C10H9F3O2S. The molecule has 16 heavy (non-hydrogen) atoms. The second-order valence-corrected chi connectivity index (χ2v) is 3.80. The summed E-state index contributed by atoms with van der Waals surface area (Å²) in [6, 6.07) is 6.74. The van der Waals surface area contributed by atoms with Gasteiger partial charge < -0.3 is 4.74 Å². The number of carbonyl (C=O) groups excluding carboxylic acids is 1. The van der Waals surface area contributed by atoms with Crippen molar-refractivity contribution in [2.75, 3.05) is 6.26 Å². The fraction of sp³-hybridized carbons (Fsp3) is 0.300. The predicted molar refractivity (Wildman–Crippen MR) is 54.1 cm³/mol. The van der Waals surface area contributed by atoms with Gasteiger partial charge in [-0.15, -0.1) is 11.8 Å². The van der Waals surface area contributed by atoms with Crippen LogP contribution in [0.1, 0.15) is 5.56 Å². The fourth-order valence-electron chi connectivity index (χ4n) is 0.952. The summed E-state index contributed by atoms with van der Waals surface area (Å²) >= 11 is 1.52. The first-order valence-corrected chi connectivity index (χ1v) is 5.53. The summed E-state index contributed by atoms with van der Waals surface area (Å²) in [5, 5.41) is 0. The van der Waals surface area contributed by atoms with E-state index >= 15 is 0 Å². The molecule has 0 fully saturated rings. The van der Waals surface area contributed by atoms with E-state index in [2.05, 4.69) is 4.74 Å². The van der Waals surface area contributed by atoms with Gasteiger partial charge in [-0.05, 0) is 24.0 Å². The van der Waals surface area contributed by atoms with Crippen molar-refractivity contribution in [1.82, 2.24) is 0 Å². The van der Waals surface area contributed by atoms with Crippen LogP contribution in [-0.4, -0.2) is 18.4 Å². The van der Waals surface area contributed by atoms with Crippen LogP contribution in [0.5, 0.6) is 0 Å². The van der Waals surface area contributed by atoms with Crippen LogP contribution in [0.4, 0.5) is 13.2 Å². The van der Waals surface area contributed by atoms with Gasteiger partial charge in [0.15, 0.2) is 0 Å².